The van der Waals surface area contributed by atoms with Gasteiger partial charge >= 0.3 is 0 Å². The number of thioether (sulfide) groups is 1. The van der Waals surface area contributed by atoms with E-state index in [-0.39, 0.29) is 17.6 Å². The number of piperazine rings is 1. The summed E-state index contributed by atoms with van der Waals surface area (Å²) in [5.41, 5.74) is 0.713. The van der Waals surface area contributed by atoms with Crippen molar-refractivity contribution in [3.05, 3.63) is 24.3 Å². The zero-order chi connectivity index (χ0) is 18.5. The Balaban J connectivity index is 1.62. The van der Waals surface area contributed by atoms with Gasteiger partial charge in [0.15, 0.2) is 0 Å². The van der Waals surface area contributed by atoms with E-state index in [2.05, 4.69) is 15.5 Å². The van der Waals surface area contributed by atoms with Gasteiger partial charge in [0.25, 0.3) is 0 Å². The summed E-state index contributed by atoms with van der Waals surface area (Å²) < 4.78 is 6.90. The molecule has 1 aliphatic heterocycles. The summed E-state index contributed by atoms with van der Waals surface area (Å²) in [6.45, 7) is 3.80. The maximum absolute atomic E-state index is 12.4. The van der Waals surface area contributed by atoms with Crippen molar-refractivity contribution in [1.82, 2.24) is 30.0 Å². The lowest BCUT2D eigenvalue weighted by Gasteiger charge is -2.34. The molecule has 3 rings (SSSR count). The number of methoxy groups -OCH3 is 1. The number of benzene rings is 1. The number of hydrogen-bond donors (Lipinski definition) is 0. The number of carbonyl (C=O) groups excluding carboxylic acids is 2. The third kappa shape index (κ3) is 3.96. The summed E-state index contributed by atoms with van der Waals surface area (Å²) in [5, 5.41) is 12.2. The number of nitrogens with zero attached hydrogens (tertiary/aromatic N) is 6. The molecule has 1 aromatic heterocycles. The molecule has 9 nitrogen and oxygen atoms in total. The van der Waals surface area contributed by atoms with Crippen molar-refractivity contribution in [2.75, 3.05) is 39.0 Å². The van der Waals surface area contributed by atoms with E-state index >= 15 is 0 Å². The van der Waals surface area contributed by atoms with Crippen molar-refractivity contribution < 1.29 is 14.3 Å². The number of amides is 2. The van der Waals surface area contributed by atoms with Gasteiger partial charge in [-0.2, -0.15) is 4.68 Å². The summed E-state index contributed by atoms with van der Waals surface area (Å²) in [4.78, 5) is 27.3. The van der Waals surface area contributed by atoms with Gasteiger partial charge in [-0.25, -0.2) is 0 Å². The molecule has 0 radical (unpaired) electrons. The molecular weight excluding hydrogens is 356 g/mol. The van der Waals surface area contributed by atoms with Crippen LogP contribution in [0.25, 0.3) is 5.69 Å². The van der Waals surface area contributed by atoms with Gasteiger partial charge in [-0.1, -0.05) is 23.9 Å². The summed E-state index contributed by atoms with van der Waals surface area (Å²) in [5.74, 6) is 0.929. The standard InChI is InChI=1S/C16H20N6O3S/c1-12(23)20-7-9-21(10-8-20)15(24)11-26-16-17-18-19-22(16)13-5-3-4-6-14(13)25-2/h3-6H,7-11H2,1-2H3. The topological polar surface area (TPSA) is 93.4 Å². The van der Waals surface area contributed by atoms with Crippen LogP contribution in [-0.4, -0.2) is 80.9 Å². The van der Waals surface area contributed by atoms with Crippen LogP contribution in [0.4, 0.5) is 0 Å². The zero-order valence-electron chi connectivity index (χ0n) is 14.7. The fourth-order valence-electron chi connectivity index (χ4n) is 2.71. The van der Waals surface area contributed by atoms with Gasteiger partial charge in [0.2, 0.25) is 17.0 Å². The Kier molecular flexibility index (Phi) is 5.71. The van der Waals surface area contributed by atoms with E-state index in [0.29, 0.717) is 42.8 Å². The Labute approximate surface area is 155 Å². The van der Waals surface area contributed by atoms with Gasteiger partial charge in [0, 0.05) is 33.1 Å². The first-order valence-electron chi connectivity index (χ1n) is 8.18. The van der Waals surface area contributed by atoms with Gasteiger partial charge in [-0.15, -0.1) is 5.10 Å². The SMILES string of the molecule is COc1ccccc1-n1nnnc1SCC(=O)N1CCN(C(C)=O)CC1. The Morgan fingerprint density at radius 1 is 1.15 bits per heavy atom. The van der Waals surface area contributed by atoms with E-state index in [0.717, 1.165) is 0 Å². The monoisotopic (exact) mass is 376 g/mol. The number of carbonyl (C=O) groups is 2. The van der Waals surface area contributed by atoms with Gasteiger partial charge in [-0.3, -0.25) is 9.59 Å². The molecule has 10 heteroatoms. The molecule has 1 aromatic carbocycles. The van der Waals surface area contributed by atoms with Crippen molar-refractivity contribution in [2.24, 2.45) is 0 Å². The van der Waals surface area contributed by atoms with Gasteiger partial charge in [0.1, 0.15) is 11.4 Å². The number of para-hydroxylation sites is 2. The first-order valence-corrected chi connectivity index (χ1v) is 9.16. The Hall–Kier alpha value is -2.62. The van der Waals surface area contributed by atoms with Crippen LogP contribution in [0.2, 0.25) is 0 Å². The van der Waals surface area contributed by atoms with Crippen LogP contribution in [0.3, 0.4) is 0 Å². The van der Waals surface area contributed by atoms with E-state index < -0.39 is 0 Å². The molecule has 1 saturated heterocycles. The van der Waals surface area contributed by atoms with Crippen LogP contribution < -0.4 is 4.74 Å². The van der Waals surface area contributed by atoms with Crippen molar-refractivity contribution in [3.63, 3.8) is 0 Å². The Morgan fingerprint density at radius 3 is 2.54 bits per heavy atom. The van der Waals surface area contributed by atoms with E-state index in [1.54, 1.807) is 28.5 Å². The fraction of sp³-hybridized carbons (Fsp3) is 0.438. The molecule has 2 aromatic rings. The maximum atomic E-state index is 12.4. The highest BCUT2D eigenvalue weighted by Crippen LogP contribution is 2.25. The van der Waals surface area contributed by atoms with Crippen molar-refractivity contribution in [1.29, 1.82) is 0 Å². The van der Waals surface area contributed by atoms with Gasteiger partial charge in [-0.05, 0) is 22.6 Å². The quantitative estimate of drug-likeness (QED) is 0.700. The van der Waals surface area contributed by atoms with Crippen LogP contribution in [0.5, 0.6) is 5.75 Å². The van der Waals surface area contributed by atoms with E-state index in [1.807, 2.05) is 24.3 Å². The maximum Gasteiger partial charge on any atom is 0.233 e. The molecule has 0 bridgehead atoms. The number of aromatic nitrogens is 4. The molecule has 2 heterocycles. The molecule has 0 N–H and O–H groups in total. The molecule has 1 aliphatic rings. The molecule has 0 unspecified atom stereocenters. The number of rotatable bonds is 5. The third-order valence-corrected chi connectivity index (χ3v) is 5.06. The molecular formula is C16H20N6O3S. The predicted octanol–water partition coefficient (Wildman–Crippen LogP) is 0.454. The Bertz CT molecular complexity index is 788. The molecule has 138 valence electrons. The van der Waals surface area contributed by atoms with Crippen molar-refractivity contribution >= 4 is 23.6 Å². The summed E-state index contributed by atoms with van der Waals surface area (Å²) in [6.07, 6.45) is 0. The average Bonchev–Trinajstić information content (AvgIpc) is 3.14. The van der Waals surface area contributed by atoms with E-state index in [9.17, 15) is 9.59 Å². The van der Waals surface area contributed by atoms with Crippen LogP contribution in [-0.2, 0) is 9.59 Å². The van der Waals surface area contributed by atoms with Crippen molar-refractivity contribution in [3.8, 4) is 11.4 Å². The van der Waals surface area contributed by atoms with Crippen molar-refractivity contribution in [2.45, 2.75) is 12.1 Å². The number of ether oxygens (including phenoxy) is 1. The lowest BCUT2D eigenvalue weighted by atomic mass is 10.3. The summed E-state index contributed by atoms with van der Waals surface area (Å²) in [6, 6.07) is 7.41. The minimum atomic E-state index is 0.00720. The second-order valence-electron chi connectivity index (χ2n) is 5.72. The molecule has 26 heavy (non-hydrogen) atoms. The minimum absolute atomic E-state index is 0.00720. The largest absolute Gasteiger partial charge is 0.494 e. The fourth-order valence-corrected chi connectivity index (χ4v) is 3.50. The highest BCUT2D eigenvalue weighted by atomic mass is 32.2. The van der Waals surface area contributed by atoms with Crippen LogP contribution in [0, 0.1) is 0 Å². The first kappa shape index (κ1) is 18.2. The molecule has 0 spiro atoms. The predicted molar refractivity (Wildman–Crippen MR) is 95.3 cm³/mol. The van der Waals surface area contributed by atoms with Gasteiger partial charge in [0.05, 0.1) is 12.9 Å². The van der Waals surface area contributed by atoms with E-state index in [1.165, 1.54) is 11.8 Å². The normalized spacial score (nSPS) is 14.4. The average molecular weight is 376 g/mol. The van der Waals surface area contributed by atoms with E-state index in [4.69, 9.17) is 4.74 Å². The molecule has 2 amide bonds. The Morgan fingerprint density at radius 2 is 1.85 bits per heavy atom. The van der Waals surface area contributed by atoms with Crippen LogP contribution >= 0.6 is 11.8 Å². The number of hydrogen-bond acceptors (Lipinski definition) is 7. The number of tetrazole rings is 1. The second kappa shape index (κ2) is 8.17. The molecule has 0 aliphatic carbocycles. The lowest BCUT2D eigenvalue weighted by molar-refractivity contribution is -0.136. The highest BCUT2D eigenvalue weighted by Gasteiger charge is 2.23. The molecule has 0 saturated carbocycles. The third-order valence-electron chi connectivity index (χ3n) is 4.16. The minimum Gasteiger partial charge on any atom is -0.494 e. The molecule has 0 atom stereocenters. The first-order chi connectivity index (χ1) is 12.6. The van der Waals surface area contributed by atoms with Crippen LogP contribution in [0.15, 0.2) is 29.4 Å². The highest BCUT2D eigenvalue weighted by molar-refractivity contribution is 7.99. The smallest absolute Gasteiger partial charge is 0.233 e. The molecule has 1 fully saturated rings. The second-order valence-corrected chi connectivity index (χ2v) is 6.66. The van der Waals surface area contributed by atoms with Gasteiger partial charge < -0.3 is 14.5 Å². The zero-order valence-corrected chi connectivity index (χ0v) is 15.5. The summed E-state index contributed by atoms with van der Waals surface area (Å²) in [7, 11) is 1.58. The summed E-state index contributed by atoms with van der Waals surface area (Å²) >= 11 is 1.28. The lowest BCUT2D eigenvalue weighted by Crippen LogP contribution is -2.50. The van der Waals surface area contributed by atoms with Crippen LogP contribution in [0.1, 0.15) is 6.92 Å².